The number of benzene rings is 2. The number of amides is 3. The van der Waals surface area contributed by atoms with E-state index in [2.05, 4.69) is 17.2 Å². The smallest absolute Gasteiger partial charge is 0.298 e. The van der Waals surface area contributed by atoms with Gasteiger partial charge in [0.25, 0.3) is 11.8 Å². The number of carbonyl (C=O) groups is 3. The summed E-state index contributed by atoms with van der Waals surface area (Å²) in [6.45, 7) is 6.67. The monoisotopic (exact) mass is 457 g/mol. The van der Waals surface area contributed by atoms with E-state index in [0.29, 0.717) is 31.7 Å². The van der Waals surface area contributed by atoms with Crippen molar-refractivity contribution in [3.05, 3.63) is 70.8 Å². The van der Waals surface area contributed by atoms with Crippen LogP contribution in [0.3, 0.4) is 0 Å². The van der Waals surface area contributed by atoms with E-state index in [1.54, 1.807) is 6.07 Å². The molecule has 0 aliphatic carbocycles. The van der Waals surface area contributed by atoms with Crippen molar-refractivity contribution in [1.29, 1.82) is 0 Å². The van der Waals surface area contributed by atoms with Crippen LogP contribution in [0.25, 0.3) is 0 Å². The molecule has 0 aromatic heterocycles. The molecule has 1 spiro atoms. The zero-order chi connectivity index (χ0) is 24.1. The molecule has 0 unspecified atom stereocenters. The van der Waals surface area contributed by atoms with Gasteiger partial charge >= 0.3 is 0 Å². The van der Waals surface area contributed by atoms with Crippen LogP contribution in [0, 0.1) is 31.1 Å². The summed E-state index contributed by atoms with van der Waals surface area (Å²) < 4.78 is 0. The molecule has 176 valence electrons. The Bertz CT molecular complexity index is 1140. The van der Waals surface area contributed by atoms with E-state index in [4.69, 9.17) is 0 Å². The number of nitrogens with zero attached hydrogens (tertiary/aromatic N) is 2. The number of likely N-dealkylation sites (tertiary alicyclic amines) is 2. The molecule has 2 aromatic rings. The van der Waals surface area contributed by atoms with Crippen LogP contribution in [0.15, 0.2) is 48.5 Å². The van der Waals surface area contributed by atoms with Crippen molar-refractivity contribution in [3.63, 3.8) is 0 Å². The van der Waals surface area contributed by atoms with Gasteiger partial charge in [0.15, 0.2) is 0 Å². The number of piperidine rings is 1. The van der Waals surface area contributed by atoms with Gasteiger partial charge in [-0.2, -0.15) is 0 Å². The Kier molecular flexibility index (Phi) is 7.02. The van der Waals surface area contributed by atoms with E-state index in [9.17, 15) is 14.4 Å². The largest absolute Gasteiger partial charge is 0.343 e. The minimum absolute atomic E-state index is 0.00151. The normalized spacial score (nSPS) is 16.6. The summed E-state index contributed by atoms with van der Waals surface area (Å²) >= 11 is 0. The average molecular weight is 458 g/mol. The highest BCUT2D eigenvalue weighted by molar-refractivity contribution is 5.96. The minimum Gasteiger partial charge on any atom is -0.343 e. The van der Waals surface area contributed by atoms with Gasteiger partial charge in [0, 0.05) is 43.2 Å². The predicted molar refractivity (Wildman–Crippen MR) is 131 cm³/mol. The molecule has 2 heterocycles. The number of nitrogens with one attached hydrogen (secondary N) is 1. The average Bonchev–Trinajstić information content (AvgIpc) is 3.27. The Morgan fingerprint density at radius 1 is 0.912 bits per heavy atom. The Morgan fingerprint density at radius 3 is 2.26 bits per heavy atom. The summed E-state index contributed by atoms with van der Waals surface area (Å²) in [7, 11) is 0. The molecule has 2 aliphatic rings. The number of rotatable bonds is 3. The quantitative estimate of drug-likeness (QED) is 0.721. The van der Waals surface area contributed by atoms with Gasteiger partial charge < -0.3 is 15.1 Å². The Balaban J connectivity index is 1.25. The van der Waals surface area contributed by atoms with Crippen LogP contribution >= 0.6 is 0 Å². The molecule has 0 radical (unpaired) electrons. The zero-order valence-electron chi connectivity index (χ0n) is 19.9. The van der Waals surface area contributed by atoms with Crippen LogP contribution in [0.2, 0.25) is 0 Å². The van der Waals surface area contributed by atoms with Gasteiger partial charge in [-0.15, -0.1) is 0 Å². The van der Waals surface area contributed by atoms with Crippen molar-refractivity contribution in [2.45, 2.75) is 33.1 Å². The fourth-order valence-corrected chi connectivity index (χ4v) is 4.72. The van der Waals surface area contributed by atoms with E-state index in [0.717, 1.165) is 36.0 Å². The number of aryl methyl sites for hydroxylation is 2. The van der Waals surface area contributed by atoms with Crippen molar-refractivity contribution in [1.82, 2.24) is 15.1 Å². The zero-order valence-corrected chi connectivity index (χ0v) is 19.9. The maximum absolute atomic E-state index is 12.7. The van der Waals surface area contributed by atoms with Gasteiger partial charge in [-0.3, -0.25) is 14.4 Å². The molecule has 6 nitrogen and oxygen atoms in total. The first kappa shape index (κ1) is 23.6. The molecule has 1 N–H and O–H groups in total. The predicted octanol–water partition coefficient (Wildman–Crippen LogP) is 2.93. The van der Waals surface area contributed by atoms with Gasteiger partial charge in [0.2, 0.25) is 5.91 Å². The minimum atomic E-state index is -0.228. The topological polar surface area (TPSA) is 69.7 Å². The fourth-order valence-electron chi connectivity index (χ4n) is 4.72. The summed E-state index contributed by atoms with van der Waals surface area (Å²) in [5, 5.41) is 2.76. The maximum atomic E-state index is 12.7. The lowest BCUT2D eigenvalue weighted by Crippen LogP contribution is -2.45. The Labute approximate surface area is 201 Å². The molecule has 34 heavy (non-hydrogen) atoms. The van der Waals surface area contributed by atoms with Crippen molar-refractivity contribution in [2.24, 2.45) is 5.41 Å². The summed E-state index contributed by atoms with van der Waals surface area (Å²) in [6, 6.07) is 15.1. The van der Waals surface area contributed by atoms with E-state index < -0.39 is 0 Å². The van der Waals surface area contributed by atoms with Crippen LogP contribution in [-0.2, 0) is 9.59 Å². The molecular formula is C28H31N3O3. The first-order valence-corrected chi connectivity index (χ1v) is 11.8. The van der Waals surface area contributed by atoms with E-state index in [1.165, 1.54) is 0 Å². The molecule has 2 aromatic carbocycles. The fraction of sp³-hybridized carbons (Fsp3) is 0.393. The molecule has 4 rings (SSSR count). The summed E-state index contributed by atoms with van der Waals surface area (Å²) in [4.78, 5) is 41.4. The van der Waals surface area contributed by atoms with E-state index in [-0.39, 0.29) is 29.7 Å². The molecule has 3 amide bonds. The summed E-state index contributed by atoms with van der Waals surface area (Å²) in [6.07, 6.45) is 2.66. The standard InChI is InChI=1S/C28H31N3O3/c1-21-8-10-24(18-22(21)2)27(34)29-19-26(33)31-17-14-28(20-31)12-15-30(16-13-28)25(32)11-9-23-6-4-3-5-7-23/h3-8,10,18H,12-17,19-20H2,1-2H3,(H,29,34). The van der Waals surface area contributed by atoms with Crippen LogP contribution in [-0.4, -0.2) is 60.2 Å². The second-order valence-corrected chi connectivity index (χ2v) is 9.46. The molecule has 2 aliphatic heterocycles. The molecule has 2 fully saturated rings. The molecule has 0 saturated carbocycles. The molecule has 2 saturated heterocycles. The molecular weight excluding hydrogens is 426 g/mol. The Hall–Kier alpha value is -3.59. The third-order valence-electron chi connectivity index (χ3n) is 7.16. The number of hydrogen-bond donors (Lipinski definition) is 1. The number of hydrogen-bond acceptors (Lipinski definition) is 3. The van der Waals surface area contributed by atoms with Crippen LogP contribution in [0.4, 0.5) is 0 Å². The maximum Gasteiger partial charge on any atom is 0.298 e. The van der Waals surface area contributed by atoms with Crippen molar-refractivity contribution < 1.29 is 14.4 Å². The van der Waals surface area contributed by atoms with Gasteiger partial charge in [0.1, 0.15) is 0 Å². The first-order valence-electron chi connectivity index (χ1n) is 11.8. The van der Waals surface area contributed by atoms with E-state index in [1.807, 2.05) is 66.1 Å². The second kappa shape index (κ2) is 10.1. The van der Waals surface area contributed by atoms with Crippen LogP contribution in [0.5, 0.6) is 0 Å². The lowest BCUT2D eigenvalue weighted by Gasteiger charge is -2.38. The highest BCUT2D eigenvalue weighted by Gasteiger charge is 2.42. The summed E-state index contributed by atoms with van der Waals surface area (Å²) in [5.41, 5.74) is 3.64. The van der Waals surface area contributed by atoms with Gasteiger partial charge in [-0.1, -0.05) is 30.2 Å². The molecule has 0 bridgehead atoms. The second-order valence-electron chi connectivity index (χ2n) is 9.46. The number of carbonyl (C=O) groups excluding carboxylic acids is 3. The van der Waals surface area contributed by atoms with Gasteiger partial charge in [0.05, 0.1) is 6.54 Å². The third kappa shape index (κ3) is 5.48. The van der Waals surface area contributed by atoms with Crippen molar-refractivity contribution in [2.75, 3.05) is 32.7 Å². The van der Waals surface area contributed by atoms with Crippen LogP contribution in [0.1, 0.15) is 46.3 Å². The third-order valence-corrected chi connectivity index (χ3v) is 7.16. The SMILES string of the molecule is Cc1ccc(C(=O)NCC(=O)N2CCC3(CCN(C(=O)C#Cc4ccccc4)CC3)C2)cc1C. The van der Waals surface area contributed by atoms with Crippen molar-refractivity contribution >= 4 is 17.7 Å². The lowest BCUT2D eigenvalue weighted by molar-refractivity contribution is -0.131. The van der Waals surface area contributed by atoms with Gasteiger partial charge in [-0.25, -0.2) is 0 Å². The highest BCUT2D eigenvalue weighted by atomic mass is 16.2. The Morgan fingerprint density at radius 2 is 1.59 bits per heavy atom. The molecule has 0 atom stereocenters. The first-order chi connectivity index (χ1) is 16.3. The van der Waals surface area contributed by atoms with Crippen molar-refractivity contribution in [3.8, 4) is 11.8 Å². The van der Waals surface area contributed by atoms with Crippen LogP contribution < -0.4 is 5.32 Å². The lowest BCUT2D eigenvalue weighted by atomic mass is 9.78. The van der Waals surface area contributed by atoms with E-state index >= 15 is 0 Å². The highest BCUT2D eigenvalue weighted by Crippen LogP contribution is 2.40. The van der Waals surface area contributed by atoms with Gasteiger partial charge in [-0.05, 0) is 73.9 Å². The molecule has 6 heteroatoms. The summed E-state index contributed by atoms with van der Waals surface area (Å²) in [5.74, 6) is 5.27.